The molecule has 1 aliphatic rings. The van der Waals surface area contributed by atoms with Crippen molar-refractivity contribution in [3.8, 4) is 0 Å². The van der Waals surface area contributed by atoms with Crippen molar-refractivity contribution in [3.63, 3.8) is 0 Å². The molecule has 1 aromatic heterocycles. The average molecular weight is 365 g/mol. The molecule has 134 valence electrons. The predicted molar refractivity (Wildman–Crippen MR) is 97.1 cm³/mol. The summed E-state index contributed by atoms with van der Waals surface area (Å²) in [6, 6.07) is 3.59. The van der Waals surface area contributed by atoms with E-state index >= 15 is 0 Å². The number of hydrogen-bond donors (Lipinski definition) is 1. The van der Waals surface area contributed by atoms with E-state index in [0.717, 1.165) is 37.4 Å². The highest BCUT2D eigenvalue weighted by Crippen LogP contribution is 2.18. The van der Waals surface area contributed by atoms with Crippen LogP contribution in [0, 0.1) is 11.6 Å². The molecule has 0 saturated carbocycles. The van der Waals surface area contributed by atoms with Crippen molar-refractivity contribution in [1.29, 1.82) is 0 Å². The minimum Gasteiger partial charge on any atom is -0.370 e. The molecule has 5 nitrogen and oxygen atoms in total. The zero-order valence-corrected chi connectivity index (χ0v) is 14.7. The number of nitrogens with zero attached hydrogens (tertiary/aromatic N) is 4. The van der Waals surface area contributed by atoms with Crippen LogP contribution in [-0.4, -0.2) is 48.6 Å². The van der Waals surface area contributed by atoms with Gasteiger partial charge in [0.05, 0.1) is 0 Å². The first-order valence-corrected chi connectivity index (χ1v) is 9.14. The number of aliphatic imine (C=N–C) groups is 1. The van der Waals surface area contributed by atoms with Gasteiger partial charge >= 0.3 is 0 Å². The fourth-order valence-corrected chi connectivity index (χ4v) is 3.53. The maximum atomic E-state index is 13.1. The van der Waals surface area contributed by atoms with Gasteiger partial charge in [-0.2, -0.15) is 0 Å². The van der Waals surface area contributed by atoms with Crippen molar-refractivity contribution < 1.29 is 8.78 Å². The fourth-order valence-electron chi connectivity index (χ4n) is 2.83. The summed E-state index contributed by atoms with van der Waals surface area (Å²) >= 11 is 1.64. The van der Waals surface area contributed by atoms with Crippen LogP contribution in [0.5, 0.6) is 0 Å². The molecular formula is C17H21F2N5S. The van der Waals surface area contributed by atoms with Crippen LogP contribution in [0.2, 0.25) is 0 Å². The second-order valence-electron chi connectivity index (χ2n) is 5.91. The summed E-state index contributed by atoms with van der Waals surface area (Å²) in [4.78, 5) is 13.0. The number of aromatic nitrogens is 1. The summed E-state index contributed by atoms with van der Waals surface area (Å²) in [6.07, 6.45) is 3.08. The lowest BCUT2D eigenvalue weighted by Gasteiger charge is -2.35. The summed E-state index contributed by atoms with van der Waals surface area (Å²) in [5.41, 5.74) is 6.71. The van der Waals surface area contributed by atoms with Gasteiger partial charge in [0.2, 0.25) is 0 Å². The quantitative estimate of drug-likeness (QED) is 0.502. The Morgan fingerprint density at radius 3 is 2.52 bits per heavy atom. The maximum Gasteiger partial charge on any atom is 0.191 e. The molecule has 0 aliphatic carbocycles. The van der Waals surface area contributed by atoms with Crippen LogP contribution < -0.4 is 10.6 Å². The number of guanidine groups is 1. The normalized spacial score (nSPS) is 15.7. The molecule has 1 aromatic carbocycles. The number of aryl methyl sites for hydroxylation is 1. The number of thiazole rings is 1. The lowest BCUT2D eigenvalue weighted by molar-refractivity contribution is 0.380. The highest BCUT2D eigenvalue weighted by molar-refractivity contribution is 7.13. The van der Waals surface area contributed by atoms with Crippen molar-refractivity contribution in [2.45, 2.75) is 12.8 Å². The van der Waals surface area contributed by atoms with Gasteiger partial charge in [-0.25, -0.2) is 13.8 Å². The summed E-state index contributed by atoms with van der Waals surface area (Å²) in [5, 5.41) is 3.01. The summed E-state index contributed by atoms with van der Waals surface area (Å²) < 4.78 is 26.3. The SMILES string of the molecule is NC(=NCCCc1cc(F)cc(F)c1)N1CCN(c2nccs2)CC1. The lowest BCUT2D eigenvalue weighted by Crippen LogP contribution is -2.51. The van der Waals surface area contributed by atoms with Gasteiger partial charge in [0.15, 0.2) is 11.1 Å². The van der Waals surface area contributed by atoms with Gasteiger partial charge in [-0.05, 0) is 30.5 Å². The molecule has 1 saturated heterocycles. The average Bonchev–Trinajstić information content (AvgIpc) is 3.12. The second-order valence-corrected chi connectivity index (χ2v) is 6.78. The number of anilines is 1. The van der Waals surface area contributed by atoms with Crippen molar-refractivity contribution in [2.24, 2.45) is 10.7 Å². The minimum absolute atomic E-state index is 0.532. The highest BCUT2D eigenvalue weighted by Gasteiger charge is 2.19. The van der Waals surface area contributed by atoms with E-state index in [2.05, 4.69) is 19.8 Å². The predicted octanol–water partition coefficient (Wildman–Crippen LogP) is 2.49. The first-order valence-electron chi connectivity index (χ1n) is 8.26. The zero-order chi connectivity index (χ0) is 17.6. The maximum absolute atomic E-state index is 13.1. The first-order chi connectivity index (χ1) is 12.1. The zero-order valence-electron chi connectivity index (χ0n) is 13.9. The smallest absolute Gasteiger partial charge is 0.191 e. The van der Waals surface area contributed by atoms with E-state index in [-0.39, 0.29) is 0 Å². The minimum atomic E-state index is -0.545. The van der Waals surface area contributed by atoms with Crippen LogP contribution in [0.25, 0.3) is 0 Å². The first kappa shape index (κ1) is 17.6. The number of nitrogens with two attached hydrogens (primary N) is 1. The molecule has 8 heteroatoms. The van der Waals surface area contributed by atoms with Gasteiger partial charge in [0, 0.05) is 50.4 Å². The highest BCUT2D eigenvalue weighted by atomic mass is 32.1. The topological polar surface area (TPSA) is 57.8 Å². The van der Waals surface area contributed by atoms with E-state index in [9.17, 15) is 8.78 Å². The van der Waals surface area contributed by atoms with Crippen molar-refractivity contribution in [1.82, 2.24) is 9.88 Å². The van der Waals surface area contributed by atoms with E-state index in [0.29, 0.717) is 30.9 Å². The molecule has 0 spiro atoms. The number of halogens is 2. The Balaban J connectivity index is 1.43. The van der Waals surface area contributed by atoms with E-state index < -0.39 is 11.6 Å². The second kappa shape index (κ2) is 8.24. The van der Waals surface area contributed by atoms with Crippen LogP contribution >= 0.6 is 11.3 Å². The summed E-state index contributed by atoms with van der Waals surface area (Å²) in [5.74, 6) is -0.559. The van der Waals surface area contributed by atoms with Crippen molar-refractivity contribution in [2.75, 3.05) is 37.6 Å². The molecule has 0 bridgehead atoms. The molecule has 1 fully saturated rings. The number of rotatable bonds is 5. The molecule has 0 radical (unpaired) electrons. The molecule has 2 N–H and O–H groups in total. The van der Waals surface area contributed by atoms with Gasteiger partial charge in [0.1, 0.15) is 11.6 Å². The Hall–Kier alpha value is -2.22. The third kappa shape index (κ3) is 4.88. The Bertz CT molecular complexity index is 692. The number of benzene rings is 1. The summed E-state index contributed by atoms with van der Waals surface area (Å²) in [6.45, 7) is 3.89. The molecule has 3 rings (SSSR count). The van der Waals surface area contributed by atoms with Gasteiger partial charge < -0.3 is 15.5 Å². The van der Waals surface area contributed by atoms with Crippen LogP contribution in [0.4, 0.5) is 13.9 Å². The van der Waals surface area contributed by atoms with E-state index in [1.54, 1.807) is 11.3 Å². The largest absolute Gasteiger partial charge is 0.370 e. The Kier molecular flexibility index (Phi) is 5.80. The van der Waals surface area contributed by atoms with Crippen LogP contribution in [0.3, 0.4) is 0 Å². The lowest BCUT2D eigenvalue weighted by atomic mass is 10.1. The van der Waals surface area contributed by atoms with Gasteiger partial charge in [-0.1, -0.05) is 0 Å². The van der Waals surface area contributed by atoms with Gasteiger partial charge in [-0.3, -0.25) is 4.99 Å². The van der Waals surface area contributed by atoms with Crippen LogP contribution in [-0.2, 0) is 6.42 Å². The van der Waals surface area contributed by atoms with Crippen molar-refractivity contribution >= 4 is 22.4 Å². The Morgan fingerprint density at radius 2 is 1.88 bits per heavy atom. The molecule has 0 amide bonds. The van der Waals surface area contributed by atoms with Crippen LogP contribution in [0.1, 0.15) is 12.0 Å². The molecule has 1 aliphatic heterocycles. The molecule has 25 heavy (non-hydrogen) atoms. The Morgan fingerprint density at radius 1 is 1.16 bits per heavy atom. The van der Waals surface area contributed by atoms with Crippen molar-refractivity contribution in [3.05, 3.63) is 47.0 Å². The van der Waals surface area contributed by atoms with E-state index in [1.165, 1.54) is 12.1 Å². The molecule has 2 aromatic rings. The molecular weight excluding hydrogens is 344 g/mol. The monoisotopic (exact) mass is 365 g/mol. The number of piperazine rings is 1. The van der Waals surface area contributed by atoms with Crippen LogP contribution in [0.15, 0.2) is 34.8 Å². The number of hydrogen-bond acceptors (Lipinski definition) is 4. The fraction of sp³-hybridized carbons (Fsp3) is 0.412. The standard InChI is InChI=1S/C17H21F2N5S/c18-14-10-13(11-15(19)12-14)2-1-3-21-16(20)23-5-7-24(8-6-23)17-22-4-9-25-17/h4,9-12H,1-3,5-8H2,(H2,20,21). The van der Waals surface area contributed by atoms with Gasteiger partial charge in [0.25, 0.3) is 0 Å². The summed E-state index contributed by atoms with van der Waals surface area (Å²) in [7, 11) is 0. The third-order valence-corrected chi connectivity index (χ3v) is 4.95. The molecule has 0 atom stereocenters. The third-order valence-electron chi connectivity index (χ3n) is 4.11. The van der Waals surface area contributed by atoms with Gasteiger partial charge in [-0.15, -0.1) is 11.3 Å². The van der Waals surface area contributed by atoms with E-state index in [4.69, 9.17) is 5.73 Å². The Labute approximate surface area is 149 Å². The molecule has 0 unspecified atom stereocenters. The molecule has 2 heterocycles. The van der Waals surface area contributed by atoms with E-state index in [1.807, 2.05) is 11.6 Å².